The Hall–Kier alpha value is -3.71. The Bertz CT molecular complexity index is 1020. The number of nitrogen functional groups attached to an aromatic ring is 1. The lowest BCUT2D eigenvalue weighted by Crippen LogP contribution is -2.45. The van der Waals surface area contributed by atoms with Crippen molar-refractivity contribution in [3.05, 3.63) is 40.0 Å². The number of hydrogen-bond donors (Lipinski definition) is 5. The van der Waals surface area contributed by atoms with Gasteiger partial charge in [0, 0.05) is 37.8 Å². The monoisotopic (exact) mass is 536 g/mol. The van der Waals surface area contributed by atoms with Crippen LogP contribution in [0.4, 0.5) is 11.4 Å². The molecule has 1 aliphatic heterocycles. The number of likely N-dealkylation sites (tertiary alicyclic amines) is 1. The number of nitrogens with zero attached hydrogens (tertiary/aromatic N) is 2. The van der Waals surface area contributed by atoms with Gasteiger partial charge in [-0.2, -0.15) is 0 Å². The maximum Gasteiger partial charge on any atom is 0.333 e. The van der Waals surface area contributed by atoms with Crippen LogP contribution in [-0.2, 0) is 9.59 Å². The molecule has 1 heterocycles. The fourth-order valence-corrected chi connectivity index (χ4v) is 4.36. The van der Waals surface area contributed by atoms with Gasteiger partial charge in [-0.3, -0.25) is 19.7 Å². The van der Waals surface area contributed by atoms with Crippen molar-refractivity contribution in [3.63, 3.8) is 0 Å². The number of nitrogens with one attached hydrogen (secondary N) is 1. The molecule has 1 aromatic rings. The average Bonchev–Trinajstić information content (AvgIpc) is 2.86. The molecule has 210 valence electrons. The third-order valence-corrected chi connectivity index (χ3v) is 6.34. The fraction of sp³-hybridized carbons (Fsp3) is 0.560. The molecule has 1 fully saturated rings. The van der Waals surface area contributed by atoms with Gasteiger partial charge in [0.05, 0.1) is 23.5 Å². The normalized spacial score (nSPS) is 18.5. The van der Waals surface area contributed by atoms with E-state index in [-0.39, 0.29) is 34.6 Å². The first kappa shape index (κ1) is 30.5. The number of carboxylic acids is 2. The summed E-state index contributed by atoms with van der Waals surface area (Å²) in [4.78, 5) is 45.3. The van der Waals surface area contributed by atoms with E-state index in [2.05, 4.69) is 22.4 Å². The van der Waals surface area contributed by atoms with E-state index >= 15 is 0 Å². The van der Waals surface area contributed by atoms with Gasteiger partial charge in [0.2, 0.25) is 0 Å². The van der Waals surface area contributed by atoms with Gasteiger partial charge in [-0.25, -0.2) is 4.79 Å². The molecule has 2 atom stereocenters. The minimum Gasteiger partial charge on any atom is -0.493 e. The minimum absolute atomic E-state index is 0.0131. The predicted molar refractivity (Wildman–Crippen MR) is 138 cm³/mol. The minimum atomic E-state index is -1.79. The number of aliphatic carboxylic acids is 2. The summed E-state index contributed by atoms with van der Waals surface area (Å²) in [6, 6.07) is 2.62. The van der Waals surface area contributed by atoms with Crippen molar-refractivity contribution in [2.24, 2.45) is 5.92 Å². The van der Waals surface area contributed by atoms with E-state index in [4.69, 9.17) is 25.8 Å². The second-order valence-electron chi connectivity index (χ2n) is 9.25. The zero-order valence-electron chi connectivity index (χ0n) is 21.4. The fourth-order valence-electron chi connectivity index (χ4n) is 4.36. The number of rotatable bonds is 10. The first-order valence-electron chi connectivity index (χ1n) is 12.5. The van der Waals surface area contributed by atoms with Crippen molar-refractivity contribution in [3.8, 4) is 5.75 Å². The van der Waals surface area contributed by atoms with Crippen LogP contribution in [0.1, 0.15) is 55.8 Å². The van der Waals surface area contributed by atoms with Crippen LogP contribution in [0.5, 0.6) is 5.75 Å². The number of piperidine rings is 1. The van der Waals surface area contributed by atoms with Crippen molar-refractivity contribution in [1.82, 2.24) is 10.2 Å². The molecule has 0 bridgehead atoms. The number of anilines is 1. The molecule has 1 aromatic carbocycles. The highest BCUT2D eigenvalue weighted by Gasteiger charge is 2.26. The van der Waals surface area contributed by atoms with Crippen LogP contribution in [0.15, 0.2) is 24.3 Å². The van der Waals surface area contributed by atoms with Gasteiger partial charge >= 0.3 is 11.9 Å². The average molecular weight is 537 g/mol. The Morgan fingerprint density at radius 1 is 1.21 bits per heavy atom. The van der Waals surface area contributed by atoms with E-state index in [1.54, 1.807) is 6.92 Å². The molecule has 3 rings (SSSR count). The lowest BCUT2D eigenvalue weighted by atomic mass is 9.93. The number of nitrogens with two attached hydrogens (primary N) is 1. The van der Waals surface area contributed by atoms with Gasteiger partial charge in [0.25, 0.3) is 11.6 Å². The quantitative estimate of drug-likeness (QED) is 0.127. The van der Waals surface area contributed by atoms with Crippen LogP contribution >= 0.6 is 0 Å². The largest absolute Gasteiger partial charge is 0.493 e. The topological polar surface area (TPSA) is 206 Å². The number of carbonyl (C=O) groups is 3. The molecule has 1 amide bonds. The number of aliphatic hydroxyl groups excluding tert-OH is 1. The lowest BCUT2D eigenvalue weighted by Gasteiger charge is -2.35. The second kappa shape index (κ2) is 14.9. The van der Waals surface area contributed by atoms with Gasteiger partial charge in [0.15, 0.2) is 6.10 Å². The van der Waals surface area contributed by atoms with E-state index in [1.165, 1.54) is 25.0 Å². The highest BCUT2D eigenvalue weighted by molar-refractivity contribution is 5.98. The number of carbonyl (C=O) groups excluding carboxylic acids is 1. The van der Waals surface area contributed by atoms with E-state index in [9.17, 15) is 24.5 Å². The molecule has 38 heavy (non-hydrogen) atoms. The molecule has 1 aliphatic carbocycles. The number of aliphatic hydroxyl groups is 1. The third kappa shape index (κ3) is 9.63. The summed E-state index contributed by atoms with van der Waals surface area (Å²) in [5.74, 6) is -2.19. The summed E-state index contributed by atoms with van der Waals surface area (Å²) in [7, 11) is 0. The number of nitro groups is 1. The summed E-state index contributed by atoms with van der Waals surface area (Å²) in [5.41, 5.74) is 5.60. The van der Waals surface area contributed by atoms with Crippen molar-refractivity contribution in [2.75, 3.05) is 32.0 Å². The van der Waals surface area contributed by atoms with Gasteiger partial charge in [-0.05, 0) is 44.9 Å². The lowest BCUT2D eigenvalue weighted by molar-refractivity contribution is -0.383. The number of allylic oxidation sites excluding steroid dienone is 2. The van der Waals surface area contributed by atoms with Gasteiger partial charge in [-0.1, -0.05) is 12.2 Å². The molecule has 2 unspecified atom stereocenters. The molecule has 0 radical (unpaired) electrons. The Morgan fingerprint density at radius 2 is 1.89 bits per heavy atom. The molecular formula is C25H36N4O9. The Labute approximate surface area is 220 Å². The Balaban J connectivity index is 0.000000484. The van der Waals surface area contributed by atoms with Gasteiger partial charge in [-0.15, -0.1) is 0 Å². The standard InChI is InChI=1S/C21H30N4O4.C4H6O5/c1-2-29-20-13-18(22)19(25(27)28)12-17(20)21(26)23-16-8-10-24(11-9-16)14-15-6-4-3-5-7-15;5-2(4(8)9)1-3(6)7/h3-4,12-13,15-16H,2,5-11,14,22H2,1H3,(H,23,26);2,5H,1H2,(H,6,7)(H,8,9). The van der Waals surface area contributed by atoms with Crippen LogP contribution in [0.3, 0.4) is 0 Å². The zero-order chi connectivity index (χ0) is 28.2. The summed E-state index contributed by atoms with van der Waals surface area (Å²) < 4.78 is 5.49. The van der Waals surface area contributed by atoms with Crippen molar-refractivity contribution in [2.45, 2.75) is 57.6 Å². The molecular weight excluding hydrogens is 500 g/mol. The SMILES string of the molecule is CCOc1cc(N)c([N+](=O)[O-])cc1C(=O)NC1CCN(CC2CC=CCC2)CC1.O=C(O)CC(O)C(=O)O. The molecule has 13 heteroatoms. The molecule has 6 N–H and O–H groups in total. The predicted octanol–water partition coefficient (Wildman–Crippen LogP) is 2.03. The summed E-state index contributed by atoms with van der Waals surface area (Å²) in [6.07, 6.45) is 7.32. The number of hydrogen-bond acceptors (Lipinski definition) is 9. The van der Waals surface area contributed by atoms with Crippen molar-refractivity contribution < 1.29 is 39.4 Å². The Kier molecular flexibility index (Phi) is 12.0. The van der Waals surface area contributed by atoms with Crippen LogP contribution in [-0.4, -0.2) is 81.4 Å². The van der Waals surface area contributed by atoms with Crippen LogP contribution < -0.4 is 15.8 Å². The molecule has 0 spiro atoms. The molecule has 1 saturated heterocycles. The highest BCUT2D eigenvalue weighted by Crippen LogP contribution is 2.31. The van der Waals surface area contributed by atoms with Crippen molar-refractivity contribution in [1.29, 1.82) is 0 Å². The number of nitro benzene ring substituents is 1. The number of carboxylic acid groups (broad SMARTS) is 2. The maximum atomic E-state index is 12.8. The smallest absolute Gasteiger partial charge is 0.333 e. The summed E-state index contributed by atoms with van der Waals surface area (Å²) in [5, 5.41) is 38.4. The molecule has 2 aliphatic rings. The van der Waals surface area contributed by atoms with E-state index < -0.39 is 29.4 Å². The third-order valence-electron chi connectivity index (χ3n) is 6.34. The van der Waals surface area contributed by atoms with Crippen LogP contribution in [0.25, 0.3) is 0 Å². The second-order valence-corrected chi connectivity index (χ2v) is 9.25. The van der Waals surface area contributed by atoms with E-state index in [0.717, 1.165) is 44.8 Å². The van der Waals surface area contributed by atoms with E-state index in [1.807, 2.05) is 0 Å². The first-order valence-corrected chi connectivity index (χ1v) is 12.5. The highest BCUT2D eigenvalue weighted by atomic mass is 16.6. The van der Waals surface area contributed by atoms with Crippen molar-refractivity contribution >= 4 is 29.2 Å². The number of amides is 1. The van der Waals surface area contributed by atoms with Gasteiger partial charge in [0.1, 0.15) is 11.4 Å². The number of benzene rings is 1. The summed E-state index contributed by atoms with van der Waals surface area (Å²) >= 11 is 0. The molecule has 0 aromatic heterocycles. The van der Waals surface area contributed by atoms with Crippen LogP contribution in [0.2, 0.25) is 0 Å². The van der Waals surface area contributed by atoms with E-state index in [0.29, 0.717) is 6.61 Å². The molecule has 0 saturated carbocycles. The summed E-state index contributed by atoms with van der Waals surface area (Å²) in [6.45, 7) is 5.14. The number of ether oxygens (including phenoxy) is 1. The molecule has 13 nitrogen and oxygen atoms in total. The zero-order valence-corrected chi connectivity index (χ0v) is 21.4. The first-order chi connectivity index (χ1) is 18.0. The van der Waals surface area contributed by atoms with Crippen LogP contribution in [0, 0.1) is 16.0 Å². The van der Waals surface area contributed by atoms with Gasteiger partial charge < -0.3 is 36.0 Å². The maximum absolute atomic E-state index is 12.8. The Morgan fingerprint density at radius 3 is 2.39 bits per heavy atom.